The van der Waals surface area contributed by atoms with Crippen molar-refractivity contribution in [3.8, 4) is 22.3 Å². The molecule has 0 saturated heterocycles. The van der Waals surface area contributed by atoms with Gasteiger partial charge in [0.2, 0.25) is 0 Å². The first-order valence-electron chi connectivity index (χ1n) is 19.1. The minimum Gasteiger partial charge on any atom is -0.310 e. The minimum absolute atomic E-state index is 0.133. The van der Waals surface area contributed by atoms with E-state index in [9.17, 15) is 0 Å². The molecule has 4 fully saturated rings. The fraction of sp³-hybridized carbons (Fsp3) is 0.375. The van der Waals surface area contributed by atoms with Crippen molar-refractivity contribution in [3.63, 3.8) is 0 Å². The molecule has 0 aliphatic heterocycles. The summed E-state index contributed by atoms with van der Waals surface area (Å²) in [6.07, 6.45) is 9.52. The van der Waals surface area contributed by atoms with Crippen molar-refractivity contribution in [3.05, 3.63) is 138 Å². The smallest absolute Gasteiger partial charge is 0.0546 e. The van der Waals surface area contributed by atoms with Crippen molar-refractivity contribution in [2.45, 2.75) is 88.9 Å². The van der Waals surface area contributed by atoms with E-state index in [-0.39, 0.29) is 16.2 Å². The number of benzene rings is 5. The molecule has 6 aliphatic rings. The molecule has 1 spiro atoms. The third-order valence-electron chi connectivity index (χ3n) is 14.1. The molecule has 0 amide bonds. The second-order valence-corrected chi connectivity index (χ2v) is 17.7. The molecule has 0 aromatic heterocycles. The highest BCUT2D eigenvalue weighted by atomic mass is 15.1. The molecule has 0 N–H and O–H groups in total. The largest absolute Gasteiger partial charge is 0.310 e. The van der Waals surface area contributed by atoms with Gasteiger partial charge in [-0.05, 0) is 155 Å². The predicted molar refractivity (Wildman–Crippen MR) is 205 cm³/mol. The zero-order valence-electron chi connectivity index (χ0n) is 29.7. The summed E-state index contributed by atoms with van der Waals surface area (Å²) in [6, 6.07) is 44.6. The molecule has 4 saturated carbocycles. The first-order valence-corrected chi connectivity index (χ1v) is 19.1. The van der Waals surface area contributed by atoms with Gasteiger partial charge < -0.3 is 4.90 Å². The van der Waals surface area contributed by atoms with Gasteiger partial charge in [-0.25, -0.2) is 0 Å². The summed E-state index contributed by atoms with van der Waals surface area (Å²) in [5.41, 5.74) is 16.0. The van der Waals surface area contributed by atoms with Crippen LogP contribution < -0.4 is 4.90 Å². The topological polar surface area (TPSA) is 3.24 Å². The van der Waals surface area contributed by atoms with Crippen molar-refractivity contribution in [1.82, 2.24) is 0 Å². The van der Waals surface area contributed by atoms with E-state index in [2.05, 4.69) is 148 Å². The van der Waals surface area contributed by atoms with Gasteiger partial charge in [-0.1, -0.05) is 107 Å². The van der Waals surface area contributed by atoms with Crippen molar-refractivity contribution in [1.29, 1.82) is 0 Å². The van der Waals surface area contributed by atoms with Crippen LogP contribution in [0.2, 0.25) is 0 Å². The second-order valence-electron chi connectivity index (χ2n) is 17.7. The zero-order chi connectivity index (χ0) is 33.1. The molecule has 49 heavy (non-hydrogen) atoms. The highest BCUT2D eigenvalue weighted by molar-refractivity contribution is 5.95. The monoisotopic (exact) mass is 639 g/mol. The Bertz CT molecular complexity index is 2060. The van der Waals surface area contributed by atoms with Crippen LogP contribution in [0, 0.1) is 23.7 Å². The van der Waals surface area contributed by atoms with Gasteiger partial charge in [0.25, 0.3) is 0 Å². The van der Waals surface area contributed by atoms with Crippen LogP contribution in [-0.2, 0) is 16.2 Å². The van der Waals surface area contributed by atoms with E-state index in [1.165, 1.54) is 95.4 Å². The molecular formula is C48H49N. The lowest BCUT2D eigenvalue weighted by molar-refractivity contribution is -0.0399. The summed E-state index contributed by atoms with van der Waals surface area (Å²) in [5.74, 6) is 3.36. The van der Waals surface area contributed by atoms with Gasteiger partial charge in [0, 0.05) is 22.4 Å². The first-order chi connectivity index (χ1) is 23.7. The van der Waals surface area contributed by atoms with Crippen LogP contribution in [0.3, 0.4) is 0 Å². The average molecular weight is 640 g/mol. The number of fused-ring (bicyclic) bond motifs is 4. The highest BCUT2D eigenvalue weighted by Crippen LogP contribution is 2.70. The van der Waals surface area contributed by atoms with Gasteiger partial charge in [-0.15, -0.1) is 0 Å². The predicted octanol–water partition coefficient (Wildman–Crippen LogP) is 12.9. The highest BCUT2D eigenvalue weighted by Gasteiger charge is 2.61. The van der Waals surface area contributed by atoms with Crippen LogP contribution in [0.4, 0.5) is 17.1 Å². The fourth-order valence-corrected chi connectivity index (χ4v) is 11.9. The summed E-state index contributed by atoms with van der Waals surface area (Å²) >= 11 is 0. The lowest BCUT2D eigenvalue weighted by Crippen LogP contribution is -2.55. The van der Waals surface area contributed by atoms with E-state index in [0.29, 0.717) is 0 Å². The summed E-state index contributed by atoms with van der Waals surface area (Å²) in [4.78, 5) is 2.57. The number of anilines is 3. The van der Waals surface area contributed by atoms with Crippen molar-refractivity contribution >= 4 is 17.1 Å². The maximum Gasteiger partial charge on any atom is 0.0546 e. The molecule has 246 valence electrons. The Balaban J connectivity index is 1.25. The molecule has 4 bridgehead atoms. The van der Waals surface area contributed by atoms with Crippen molar-refractivity contribution in [2.75, 3.05) is 4.90 Å². The normalized spacial score (nSPS) is 27.8. The molecule has 1 nitrogen and oxygen atoms in total. The van der Waals surface area contributed by atoms with E-state index in [0.717, 1.165) is 23.7 Å². The Hall–Kier alpha value is -4.10. The van der Waals surface area contributed by atoms with Crippen molar-refractivity contribution < 1.29 is 0 Å². The van der Waals surface area contributed by atoms with Gasteiger partial charge in [-0.3, -0.25) is 0 Å². The quantitative estimate of drug-likeness (QED) is 0.189. The van der Waals surface area contributed by atoms with Crippen LogP contribution >= 0.6 is 0 Å². The number of rotatable bonds is 4. The van der Waals surface area contributed by atoms with E-state index in [4.69, 9.17) is 0 Å². The molecule has 0 atom stereocenters. The number of para-hydroxylation sites is 1. The molecule has 5 aromatic rings. The lowest BCUT2D eigenvalue weighted by Gasteiger charge is -2.61. The maximum absolute atomic E-state index is 2.68. The van der Waals surface area contributed by atoms with Crippen LogP contribution in [0.25, 0.3) is 22.3 Å². The summed E-state index contributed by atoms with van der Waals surface area (Å²) in [7, 11) is 0. The van der Waals surface area contributed by atoms with Gasteiger partial charge in [0.15, 0.2) is 0 Å². The van der Waals surface area contributed by atoms with Crippen molar-refractivity contribution in [2.24, 2.45) is 23.7 Å². The van der Waals surface area contributed by atoms with Crippen LogP contribution in [-0.4, -0.2) is 0 Å². The Labute approximate surface area is 293 Å². The van der Waals surface area contributed by atoms with Crippen LogP contribution in [0.1, 0.15) is 94.9 Å². The minimum atomic E-state index is 0.133. The van der Waals surface area contributed by atoms with Crippen LogP contribution in [0.5, 0.6) is 0 Å². The Morgan fingerprint density at radius 3 is 1.78 bits per heavy atom. The molecule has 6 aliphatic carbocycles. The summed E-state index contributed by atoms with van der Waals surface area (Å²) < 4.78 is 0. The number of nitrogens with zero attached hydrogens (tertiary/aromatic N) is 1. The van der Waals surface area contributed by atoms with Gasteiger partial charge in [0.1, 0.15) is 0 Å². The van der Waals surface area contributed by atoms with E-state index in [1.807, 2.05) is 0 Å². The summed E-state index contributed by atoms with van der Waals surface area (Å²) in [6.45, 7) is 9.76. The Morgan fingerprint density at radius 1 is 0.469 bits per heavy atom. The second kappa shape index (κ2) is 10.5. The zero-order valence-corrected chi connectivity index (χ0v) is 29.7. The van der Waals surface area contributed by atoms with Gasteiger partial charge >= 0.3 is 0 Å². The first kappa shape index (κ1) is 29.8. The summed E-state index contributed by atoms with van der Waals surface area (Å²) in [5, 5.41) is 0. The average Bonchev–Trinajstić information content (AvgIpc) is 3.39. The van der Waals surface area contributed by atoms with Gasteiger partial charge in [-0.2, -0.15) is 0 Å². The Morgan fingerprint density at radius 2 is 1.08 bits per heavy atom. The molecule has 0 heterocycles. The van der Waals surface area contributed by atoms with Crippen LogP contribution in [0.15, 0.2) is 115 Å². The number of hydrogen-bond acceptors (Lipinski definition) is 1. The van der Waals surface area contributed by atoms with E-state index < -0.39 is 0 Å². The van der Waals surface area contributed by atoms with E-state index >= 15 is 0 Å². The van der Waals surface area contributed by atoms with Gasteiger partial charge in [0.05, 0.1) is 5.69 Å². The third kappa shape index (κ3) is 4.24. The SMILES string of the molecule is CC1(C)CCC(C)(C)c2cc(N(c3ccccc3)c3cc4c(cc3-c3ccccc3)C3(c5ccccc5-4)C4CC5CC(C4)CC3C5)ccc21. The molecule has 5 aromatic carbocycles. The molecule has 0 radical (unpaired) electrons. The maximum atomic E-state index is 2.68. The fourth-order valence-electron chi connectivity index (χ4n) is 11.9. The van der Waals surface area contributed by atoms with E-state index in [1.54, 1.807) is 11.1 Å². The molecule has 0 unspecified atom stereocenters. The number of hydrogen-bond donors (Lipinski definition) is 0. The lowest BCUT2D eigenvalue weighted by atomic mass is 9.43. The standard InChI is InChI=1S/C48H49N/c1-46(2)21-22-47(3,4)44-28-37(19-20-42(44)46)49(36-15-9-6-10-16-36)45-30-40-38-17-11-12-18-41(38)48(34-24-31-23-32(26-34)27-35(48)25-31)43(40)29-39(45)33-13-7-5-8-14-33/h5-20,28-32,34-35H,21-27H2,1-4H3. The third-order valence-corrected chi connectivity index (χ3v) is 14.1. The Kier molecular flexibility index (Phi) is 6.36. The molecule has 1 heteroatoms. The molecule has 11 rings (SSSR count). The molecular weight excluding hydrogens is 591 g/mol.